The first-order chi connectivity index (χ1) is 34.1. The number of phenolic OH excluding ortho intramolecular Hbond substituents is 1. The van der Waals surface area contributed by atoms with E-state index in [0.29, 0.717) is 49.1 Å². The van der Waals surface area contributed by atoms with Crippen molar-refractivity contribution in [1.82, 2.24) is 5.32 Å². The Balaban J connectivity index is 0.705. The number of aliphatic imine (C=N–C) groups is 1. The van der Waals surface area contributed by atoms with E-state index < -0.39 is 18.3 Å². The van der Waals surface area contributed by atoms with Crippen LogP contribution in [0.5, 0.6) is 11.5 Å². The third kappa shape index (κ3) is 11.7. The molecule has 6 aliphatic rings. The van der Waals surface area contributed by atoms with Gasteiger partial charge in [0.05, 0.1) is 36.1 Å². The molecule has 12 heteroatoms. The van der Waals surface area contributed by atoms with Crippen LogP contribution in [0.25, 0.3) is 22.9 Å². The van der Waals surface area contributed by atoms with E-state index in [1.807, 2.05) is 18.2 Å². The van der Waals surface area contributed by atoms with E-state index in [1.165, 1.54) is 24.0 Å². The molecule has 0 radical (unpaired) electrons. The third-order valence-electron chi connectivity index (χ3n) is 16.1. The Labute approximate surface area is 413 Å². The number of rotatable bonds is 24. The highest BCUT2D eigenvalue weighted by Gasteiger charge is 2.52. The van der Waals surface area contributed by atoms with Crippen molar-refractivity contribution in [3.8, 4) is 11.5 Å². The van der Waals surface area contributed by atoms with Gasteiger partial charge < -0.3 is 51.2 Å². The van der Waals surface area contributed by atoms with Crippen LogP contribution in [0.1, 0.15) is 126 Å². The molecular weight excluding hydrogens is 881 g/mol. The zero-order valence-corrected chi connectivity index (χ0v) is 41.1. The van der Waals surface area contributed by atoms with Crippen LogP contribution < -0.4 is 26.4 Å². The predicted octanol–water partition coefficient (Wildman–Crippen LogP) is 6.28. The summed E-state index contributed by atoms with van der Waals surface area (Å²) < 4.78 is 11.1. The number of fused-ring (bicyclic) bond motifs is 6. The monoisotopic (exact) mass is 958 g/mol. The molecule has 10 unspecified atom stereocenters. The number of aromatic hydroxyl groups is 1. The molecular formula is C58H77N4O8+. The number of phenols is 1. The Bertz CT molecular complexity index is 2540. The molecule has 10 atom stereocenters. The summed E-state index contributed by atoms with van der Waals surface area (Å²) in [4.78, 5) is 9.56. The van der Waals surface area contributed by atoms with Gasteiger partial charge in [0.1, 0.15) is 30.4 Å². The Kier molecular flexibility index (Phi) is 16.8. The van der Waals surface area contributed by atoms with Crippen molar-refractivity contribution in [3.63, 3.8) is 0 Å². The molecule has 0 saturated heterocycles. The lowest BCUT2D eigenvalue weighted by Crippen LogP contribution is -2.46. The summed E-state index contributed by atoms with van der Waals surface area (Å²) >= 11 is 0. The lowest BCUT2D eigenvalue weighted by Gasteiger charge is -2.33. The Morgan fingerprint density at radius 2 is 1.89 bits per heavy atom. The molecule has 12 nitrogen and oxygen atoms in total. The van der Waals surface area contributed by atoms with Crippen LogP contribution in [0.3, 0.4) is 0 Å². The van der Waals surface area contributed by atoms with Gasteiger partial charge in [0, 0.05) is 50.6 Å². The molecule has 0 spiro atoms. The van der Waals surface area contributed by atoms with Crippen LogP contribution in [0, 0.1) is 35.7 Å². The first kappa shape index (κ1) is 50.4. The van der Waals surface area contributed by atoms with Crippen LogP contribution >= 0.6 is 0 Å². The average molecular weight is 958 g/mol. The maximum atomic E-state index is 11.5. The maximum absolute atomic E-state index is 11.5. The lowest BCUT2D eigenvalue weighted by molar-refractivity contribution is -0.0552. The van der Waals surface area contributed by atoms with E-state index in [2.05, 4.69) is 58.9 Å². The maximum Gasteiger partial charge on any atom is 0.208 e. The number of aliphatic hydroxyl groups is 7. The molecule has 3 aromatic rings. The molecule has 3 heterocycles. The second kappa shape index (κ2) is 23.4. The van der Waals surface area contributed by atoms with E-state index in [-0.39, 0.29) is 55.6 Å². The van der Waals surface area contributed by atoms with E-state index in [0.717, 1.165) is 127 Å². The molecule has 3 aliphatic heterocycles. The summed E-state index contributed by atoms with van der Waals surface area (Å²) in [5.74, 6) is 2.77. The van der Waals surface area contributed by atoms with Crippen LogP contribution in [0.2, 0.25) is 0 Å². The number of nitrogens with zero attached hydrogens (tertiary/aromatic N) is 2. The zero-order valence-electron chi connectivity index (χ0n) is 41.1. The van der Waals surface area contributed by atoms with Crippen molar-refractivity contribution in [3.05, 3.63) is 111 Å². The van der Waals surface area contributed by atoms with Gasteiger partial charge in [-0.2, -0.15) is 0 Å². The minimum atomic E-state index is -0.988. The van der Waals surface area contributed by atoms with E-state index in [4.69, 9.17) is 20.2 Å². The first-order valence-corrected chi connectivity index (χ1v) is 26.5. The summed E-state index contributed by atoms with van der Waals surface area (Å²) in [6.45, 7) is 3.04. The summed E-state index contributed by atoms with van der Waals surface area (Å²) in [5, 5.41) is 71.9. The molecule has 3 aliphatic carbocycles. The van der Waals surface area contributed by atoms with E-state index in [1.54, 1.807) is 13.0 Å². The van der Waals surface area contributed by atoms with Crippen LogP contribution in [-0.4, -0.2) is 104 Å². The van der Waals surface area contributed by atoms with Crippen molar-refractivity contribution < 1.29 is 40.1 Å². The molecule has 3 aromatic carbocycles. The first-order valence-electron chi connectivity index (χ1n) is 26.5. The van der Waals surface area contributed by atoms with Gasteiger partial charge in [-0.3, -0.25) is 4.99 Å². The molecule has 2 saturated carbocycles. The Hall–Kier alpha value is -4.50. The largest absolute Gasteiger partial charge is 0.504 e. The highest BCUT2D eigenvalue weighted by atomic mass is 16.5. The van der Waals surface area contributed by atoms with Crippen molar-refractivity contribution in [2.75, 3.05) is 32.9 Å². The summed E-state index contributed by atoms with van der Waals surface area (Å²) in [6.07, 6.45) is 24.6. The number of allylic oxidation sites excluding steroid dienone is 1. The van der Waals surface area contributed by atoms with Gasteiger partial charge in [0.2, 0.25) is 5.70 Å². The Morgan fingerprint density at radius 1 is 1.01 bits per heavy atom. The van der Waals surface area contributed by atoms with Crippen LogP contribution in [0.4, 0.5) is 0 Å². The number of hydrogen-bond acceptors (Lipinski definition) is 11. The topological polar surface area (TPSA) is 206 Å². The smallest absolute Gasteiger partial charge is 0.208 e. The number of nitrogens with one attached hydrogen (secondary N) is 1. The van der Waals surface area contributed by atoms with Crippen molar-refractivity contribution in [1.29, 1.82) is 0 Å². The predicted molar refractivity (Wildman–Crippen MR) is 276 cm³/mol. The van der Waals surface area contributed by atoms with Crippen LogP contribution in [0.15, 0.2) is 81.9 Å². The fourth-order valence-electron chi connectivity index (χ4n) is 12.4. The second-order valence-corrected chi connectivity index (χ2v) is 21.1. The highest BCUT2D eigenvalue weighted by molar-refractivity contribution is 6.03. The van der Waals surface area contributed by atoms with Gasteiger partial charge in [-0.25, -0.2) is 0 Å². The number of ether oxygens (including phenoxy) is 2. The molecule has 9 rings (SSSR count). The van der Waals surface area contributed by atoms with Gasteiger partial charge in [-0.05, 0) is 133 Å². The molecule has 70 heavy (non-hydrogen) atoms. The Morgan fingerprint density at radius 3 is 2.73 bits per heavy atom. The molecule has 376 valence electrons. The van der Waals surface area contributed by atoms with E-state index >= 15 is 0 Å². The molecule has 2 fully saturated rings. The standard InChI is InChI=1S/C58H76N4O8/c1-35(65)32-61-50(11-7-25-63)57-44-10-6-8-37(44)17-21-49-48(57)31-52(62-49)54(67)34-69-56-26-36(14-22-53(56)66)13-18-43-28-41(33-64)55(70-43)12-5-3-2-4-9-42(59)27-40-16-19-45-46(58(40)68)20-15-38-30-51-39(23-24-60-51)29-47(38)45/h14-16,19-20,22-23,26,28-31,35,37,40,42,44,50,54-55,57-58,61,63-65,67-68,70H,2-13,17-18,21,24-25,27,32-34,59H2,1H3/p+1. The van der Waals surface area contributed by atoms with Gasteiger partial charge in [0.25, 0.3) is 0 Å². The minimum absolute atomic E-state index is 0.00664. The van der Waals surface area contributed by atoms with Crippen LogP contribution in [-0.2, 0) is 6.42 Å². The van der Waals surface area contributed by atoms with Crippen molar-refractivity contribution >= 4 is 28.6 Å². The summed E-state index contributed by atoms with van der Waals surface area (Å²) in [6, 6.07) is 14.0. The molecule has 10 N–H and O–H groups in total. The van der Waals surface area contributed by atoms with Gasteiger partial charge >= 0.3 is 0 Å². The fourth-order valence-corrected chi connectivity index (χ4v) is 12.4. The molecule has 0 aromatic heterocycles. The number of nitrogens with two attached hydrogens (primary N) is 1. The minimum Gasteiger partial charge on any atom is -0.504 e. The van der Waals surface area contributed by atoms with Crippen molar-refractivity contribution in [2.24, 2.45) is 39.4 Å². The average Bonchev–Trinajstić information content (AvgIpc) is 4.18. The number of benzene rings is 3. The second-order valence-electron chi connectivity index (χ2n) is 21.1. The van der Waals surface area contributed by atoms with Gasteiger partial charge in [-0.15, -0.1) is 16.6 Å². The normalized spacial score (nSPS) is 25.2. The fraction of sp³-hybridized carbons (Fsp3) is 0.552. The van der Waals surface area contributed by atoms with Gasteiger partial charge in [0.15, 0.2) is 17.6 Å². The SMILES string of the molecule is CC(O)CNC(CCCO)C1[C+]2C=C(C(O)COc3cc(CC[C-]4C=C(CO)C(CCCCCCC(N)CC5C=Cc6c(ccc7cc8c(cc67)=CCN=8)C5O)[OH+]4)ccc3O)N=C2CCC2CCCC21. The van der Waals surface area contributed by atoms with Gasteiger partial charge in [-0.1, -0.05) is 68.5 Å². The lowest BCUT2D eigenvalue weighted by atomic mass is 9.71. The number of aliphatic hydroxyl groups excluding tert-OH is 5. The molecule has 0 amide bonds. The molecule has 0 bridgehead atoms. The van der Waals surface area contributed by atoms with E-state index in [9.17, 15) is 30.6 Å². The van der Waals surface area contributed by atoms with Crippen molar-refractivity contribution in [2.45, 2.75) is 146 Å². The zero-order chi connectivity index (χ0) is 48.7. The number of hydrogen-bond donors (Lipinski definition) is 8. The number of unbranched alkanes of at least 4 members (excludes halogenated alkanes) is 3. The summed E-state index contributed by atoms with van der Waals surface area (Å²) in [7, 11) is 0. The quantitative estimate of drug-likeness (QED) is 0.0289. The summed E-state index contributed by atoms with van der Waals surface area (Å²) in [5.41, 5.74) is 12.3. The number of aryl methyl sites for hydroxylation is 1. The third-order valence-corrected chi connectivity index (χ3v) is 16.1. The highest BCUT2D eigenvalue weighted by Crippen LogP contribution is 2.50.